The number of ether oxygens (including phenoxy) is 1. The first kappa shape index (κ1) is 15.0. The molecule has 7 nitrogen and oxygen atoms in total. The summed E-state index contributed by atoms with van der Waals surface area (Å²) in [4.78, 5) is 18.2. The van der Waals surface area contributed by atoms with E-state index in [1.807, 2.05) is 19.0 Å². The van der Waals surface area contributed by atoms with Crippen LogP contribution < -0.4 is 10.2 Å². The Balaban J connectivity index is 2.04. The topological polar surface area (TPSA) is 72.3 Å². The molecule has 0 unspecified atom stereocenters. The van der Waals surface area contributed by atoms with Crippen LogP contribution in [0, 0.1) is 0 Å². The standard InChI is InChI=1S/C14H19N5O2/c1-18(2)13-8-11(4-5-15-13)14(20)17-12-9-16-19(10-12)6-7-21-3/h4-5,8-10H,6-7H2,1-3H3,(H,17,20). The van der Waals surface area contributed by atoms with Crippen LogP contribution in [0.15, 0.2) is 30.7 Å². The Morgan fingerprint density at radius 3 is 3.00 bits per heavy atom. The second-order valence-corrected chi connectivity index (χ2v) is 4.74. The largest absolute Gasteiger partial charge is 0.383 e. The van der Waals surface area contributed by atoms with E-state index in [2.05, 4.69) is 15.4 Å². The molecule has 0 aromatic carbocycles. The first-order chi connectivity index (χ1) is 10.1. The molecule has 0 spiro atoms. The number of carbonyl (C=O) groups is 1. The van der Waals surface area contributed by atoms with Crippen molar-refractivity contribution in [2.75, 3.05) is 38.0 Å². The van der Waals surface area contributed by atoms with Crippen molar-refractivity contribution in [3.63, 3.8) is 0 Å². The number of aromatic nitrogens is 3. The van der Waals surface area contributed by atoms with Crippen molar-refractivity contribution in [3.8, 4) is 0 Å². The SMILES string of the molecule is COCCn1cc(NC(=O)c2ccnc(N(C)C)c2)cn1. The van der Waals surface area contributed by atoms with Gasteiger partial charge in [0.1, 0.15) is 5.82 Å². The average molecular weight is 289 g/mol. The van der Waals surface area contributed by atoms with Crippen molar-refractivity contribution >= 4 is 17.4 Å². The maximum atomic E-state index is 12.2. The van der Waals surface area contributed by atoms with E-state index in [9.17, 15) is 4.79 Å². The number of methoxy groups -OCH3 is 1. The lowest BCUT2D eigenvalue weighted by molar-refractivity contribution is 0.102. The molecule has 21 heavy (non-hydrogen) atoms. The molecule has 0 aliphatic carbocycles. The van der Waals surface area contributed by atoms with Gasteiger partial charge in [-0.25, -0.2) is 4.98 Å². The van der Waals surface area contributed by atoms with Crippen molar-refractivity contribution in [1.82, 2.24) is 14.8 Å². The fourth-order valence-electron chi connectivity index (χ4n) is 1.74. The van der Waals surface area contributed by atoms with Crippen LogP contribution in [0.3, 0.4) is 0 Å². The molecule has 0 fully saturated rings. The van der Waals surface area contributed by atoms with Gasteiger partial charge >= 0.3 is 0 Å². The second-order valence-electron chi connectivity index (χ2n) is 4.74. The van der Waals surface area contributed by atoms with E-state index in [1.54, 1.807) is 42.5 Å². The van der Waals surface area contributed by atoms with Crippen molar-refractivity contribution < 1.29 is 9.53 Å². The summed E-state index contributed by atoms with van der Waals surface area (Å²) in [6.07, 6.45) is 5.00. The van der Waals surface area contributed by atoms with E-state index in [-0.39, 0.29) is 5.91 Å². The molecule has 0 saturated heterocycles. The fourth-order valence-corrected chi connectivity index (χ4v) is 1.74. The normalized spacial score (nSPS) is 10.4. The molecule has 0 aliphatic heterocycles. The minimum atomic E-state index is -0.188. The van der Waals surface area contributed by atoms with Crippen molar-refractivity contribution in [3.05, 3.63) is 36.3 Å². The van der Waals surface area contributed by atoms with Gasteiger partial charge in [-0.15, -0.1) is 0 Å². The van der Waals surface area contributed by atoms with Crippen molar-refractivity contribution in [2.24, 2.45) is 0 Å². The lowest BCUT2D eigenvalue weighted by Crippen LogP contribution is -2.15. The summed E-state index contributed by atoms with van der Waals surface area (Å²) in [6, 6.07) is 3.42. The van der Waals surface area contributed by atoms with E-state index in [0.717, 1.165) is 5.82 Å². The second kappa shape index (κ2) is 6.85. The maximum absolute atomic E-state index is 12.2. The number of carbonyl (C=O) groups excluding carboxylic acids is 1. The summed E-state index contributed by atoms with van der Waals surface area (Å²) in [6.45, 7) is 1.22. The number of nitrogens with one attached hydrogen (secondary N) is 1. The summed E-state index contributed by atoms with van der Waals surface area (Å²) in [5.41, 5.74) is 1.21. The summed E-state index contributed by atoms with van der Waals surface area (Å²) >= 11 is 0. The van der Waals surface area contributed by atoms with Crippen LogP contribution in [0.5, 0.6) is 0 Å². The molecular weight excluding hydrogens is 270 g/mol. The molecule has 1 amide bonds. The van der Waals surface area contributed by atoms with Crippen LogP contribution in [-0.4, -0.2) is 48.5 Å². The number of nitrogens with zero attached hydrogens (tertiary/aromatic N) is 4. The number of hydrogen-bond acceptors (Lipinski definition) is 5. The van der Waals surface area contributed by atoms with Crippen molar-refractivity contribution in [1.29, 1.82) is 0 Å². The number of hydrogen-bond donors (Lipinski definition) is 1. The lowest BCUT2D eigenvalue weighted by atomic mass is 10.2. The predicted octanol–water partition coefficient (Wildman–Crippen LogP) is 1.24. The van der Waals surface area contributed by atoms with Gasteiger partial charge in [-0.3, -0.25) is 9.48 Å². The average Bonchev–Trinajstić information content (AvgIpc) is 2.92. The zero-order valence-electron chi connectivity index (χ0n) is 12.4. The molecule has 2 aromatic heterocycles. The van der Waals surface area contributed by atoms with Gasteiger partial charge < -0.3 is 15.0 Å². The molecule has 0 bridgehead atoms. The van der Waals surface area contributed by atoms with Crippen LogP contribution in [-0.2, 0) is 11.3 Å². The molecule has 0 saturated carbocycles. The van der Waals surface area contributed by atoms with Crippen LogP contribution in [0.4, 0.5) is 11.5 Å². The number of anilines is 2. The third-order valence-electron chi connectivity index (χ3n) is 2.88. The highest BCUT2D eigenvalue weighted by atomic mass is 16.5. The predicted molar refractivity (Wildman–Crippen MR) is 80.6 cm³/mol. The highest BCUT2D eigenvalue weighted by Gasteiger charge is 2.09. The van der Waals surface area contributed by atoms with E-state index in [1.165, 1.54) is 0 Å². The highest BCUT2D eigenvalue weighted by Crippen LogP contribution is 2.12. The number of pyridine rings is 1. The van der Waals surface area contributed by atoms with E-state index < -0.39 is 0 Å². The monoisotopic (exact) mass is 289 g/mol. The maximum Gasteiger partial charge on any atom is 0.255 e. The quantitative estimate of drug-likeness (QED) is 0.866. The van der Waals surface area contributed by atoms with Gasteiger partial charge in [-0.05, 0) is 12.1 Å². The highest BCUT2D eigenvalue weighted by molar-refractivity contribution is 6.04. The van der Waals surface area contributed by atoms with Gasteiger partial charge in [0.15, 0.2) is 0 Å². The van der Waals surface area contributed by atoms with Gasteiger partial charge in [0.05, 0.1) is 25.0 Å². The Hall–Kier alpha value is -2.41. The minimum Gasteiger partial charge on any atom is -0.383 e. The van der Waals surface area contributed by atoms with Crippen LogP contribution >= 0.6 is 0 Å². The Bertz CT molecular complexity index is 609. The molecule has 0 radical (unpaired) electrons. The van der Waals surface area contributed by atoms with Crippen LogP contribution in [0.25, 0.3) is 0 Å². The summed E-state index contributed by atoms with van der Waals surface area (Å²) < 4.78 is 6.70. The molecule has 0 aliphatic rings. The minimum absolute atomic E-state index is 0.188. The first-order valence-electron chi connectivity index (χ1n) is 6.56. The zero-order valence-corrected chi connectivity index (χ0v) is 12.4. The molecule has 2 heterocycles. The first-order valence-corrected chi connectivity index (χ1v) is 6.56. The molecule has 2 rings (SSSR count). The molecular formula is C14H19N5O2. The van der Waals surface area contributed by atoms with Gasteiger partial charge in [-0.2, -0.15) is 5.10 Å². The molecule has 0 atom stereocenters. The smallest absolute Gasteiger partial charge is 0.255 e. The van der Waals surface area contributed by atoms with Gasteiger partial charge in [0, 0.05) is 39.2 Å². The Morgan fingerprint density at radius 2 is 2.29 bits per heavy atom. The Kier molecular flexibility index (Phi) is 4.89. The van der Waals surface area contributed by atoms with Gasteiger partial charge in [0.2, 0.25) is 0 Å². The van der Waals surface area contributed by atoms with E-state index >= 15 is 0 Å². The Labute approximate surface area is 123 Å². The van der Waals surface area contributed by atoms with Crippen LogP contribution in [0.1, 0.15) is 10.4 Å². The third kappa shape index (κ3) is 4.03. The molecule has 1 N–H and O–H groups in total. The lowest BCUT2D eigenvalue weighted by Gasteiger charge is -2.11. The fraction of sp³-hybridized carbons (Fsp3) is 0.357. The van der Waals surface area contributed by atoms with Crippen molar-refractivity contribution in [2.45, 2.75) is 6.54 Å². The molecule has 2 aromatic rings. The van der Waals surface area contributed by atoms with E-state index in [0.29, 0.717) is 24.4 Å². The Morgan fingerprint density at radius 1 is 1.48 bits per heavy atom. The number of rotatable bonds is 6. The van der Waals surface area contributed by atoms with E-state index in [4.69, 9.17) is 4.74 Å². The van der Waals surface area contributed by atoms with Crippen LogP contribution in [0.2, 0.25) is 0 Å². The molecule has 7 heteroatoms. The number of amides is 1. The third-order valence-corrected chi connectivity index (χ3v) is 2.88. The molecule has 112 valence electrons. The summed E-state index contributed by atoms with van der Waals surface area (Å²) in [5.74, 6) is 0.547. The van der Waals surface area contributed by atoms with Gasteiger partial charge in [-0.1, -0.05) is 0 Å². The summed E-state index contributed by atoms with van der Waals surface area (Å²) in [5, 5.41) is 6.96. The summed E-state index contributed by atoms with van der Waals surface area (Å²) in [7, 11) is 5.39. The van der Waals surface area contributed by atoms with Gasteiger partial charge in [0.25, 0.3) is 5.91 Å². The zero-order chi connectivity index (χ0) is 15.2.